The molecule has 0 aliphatic heterocycles. The zero-order valence-electron chi connectivity index (χ0n) is 17.2. The Morgan fingerprint density at radius 2 is 1.70 bits per heavy atom. The summed E-state index contributed by atoms with van der Waals surface area (Å²) < 4.78 is 0. The summed E-state index contributed by atoms with van der Waals surface area (Å²) in [5, 5.41) is 25.0. The summed E-state index contributed by atoms with van der Waals surface area (Å²) >= 11 is 0. The van der Waals surface area contributed by atoms with Gasteiger partial charge < -0.3 is 36.9 Å². The quantitative estimate of drug-likeness (QED) is 0.196. The van der Waals surface area contributed by atoms with Gasteiger partial charge in [0.2, 0.25) is 17.7 Å². The Labute approximate surface area is 174 Å². The molecule has 4 unspecified atom stereocenters. The molecular weight excluding hydrogens is 396 g/mol. The summed E-state index contributed by atoms with van der Waals surface area (Å²) in [4.78, 5) is 54.8. The molecule has 8 N–H and O–H groups in total. The monoisotopic (exact) mass is 426 g/mol. The van der Waals surface area contributed by atoms with E-state index in [2.05, 4.69) is 25.9 Å². The standard InChI is InChI=1S/C18H30N6O6/c1-9(2)4-12(19)16(27)23-13(5-11-6-20-8-21-11)17(28)22-10(3)15(26)24-14(7-25)18(29)30/h6,8-10,12-14,25H,4-5,7,19H2,1-3H3,(H,20,21)(H,22,28)(H,23,27)(H,24,26)(H,29,30). The van der Waals surface area contributed by atoms with E-state index in [1.807, 2.05) is 13.8 Å². The molecule has 0 radical (unpaired) electrons. The second-order valence-electron chi connectivity index (χ2n) is 7.39. The fraction of sp³-hybridized carbons (Fsp3) is 0.611. The Bertz CT molecular complexity index is 723. The van der Waals surface area contributed by atoms with E-state index in [-0.39, 0.29) is 12.3 Å². The van der Waals surface area contributed by atoms with Crippen molar-refractivity contribution in [2.75, 3.05) is 6.61 Å². The van der Waals surface area contributed by atoms with Crippen molar-refractivity contribution in [1.82, 2.24) is 25.9 Å². The van der Waals surface area contributed by atoms with Crippen LogP contribution in [0.3, 0.4) is 0 Å². The minimum Gasteiger partial charge on any atom is -0.480 e. The second kappa shape index (κ2) is 11.9. The summed E-state index contributed by atoms with van der Waals surface area (Å²) in [7, 11) is 0. The van der Waals surface area contributed by atoms with Crippen LogP contribution >= 0.6 is 0 Å². The van der Waals surface area contributed by atoms with Gasteiger partial charge >= 0.3 is 5.97 Å². The number of nitrogens with zero attached hydrogens (tertiary/aromatic N) is 1. The third-order valence-corrected chi connectivity index (χ3v) is 4.22. The Hall–Kier alpha value is -2.99. The Morgan fingerprint density at radius 3 is 2.20 bits per heavy atom. The summed E-state index contributed by atoms with van der Waals surface area (Å²) in [6, 6.07) is -4.45. The molecule has 0 spiro atoms. The molecule has 12 nitrogen and oxygen atoms in total. The highest BCUT2D eigenvalue weighted by atomic mass is 16.4. The summed E-state index contributed by atoms with van der Waals surface area (Å²) in [6.07, 6.45) is 3.43. The molecule has 0 fully saturated rings. The number of carbonyl (C=O) groups is 4. The molecule has 1 aromatic rings. The number of aliphatic carboxylic acids is 1. The topological polar surface area (TPSA) is 200 Å². The highest BCUT2D eigenvalue weighted by Crippen LogP contribution is 2.05. The normalized spacial score (nSPS) is 15.0. The van der Waals surface area contributed by atoms with Crippen LogP contribution in [0.15, 0.2) is 12.5 Å². The van der Waals surface area contributed by atoms with Gasteiger partial charge in [0.25, 0.3) is 0 Å². The van der Waals surface area contributed by atoms with Crippen LogP contribution in [0.2, 0.25) is 0 Å². The van der Waals surface area contributed by atoms with Crippen LogP contribution < -0.4 is 21.7 Å². The molecule has 168 valence electrons. The molecule has 0 saturated heterocycles. The number of rotatable bonds is 12. The van der Waals surface area contributed by atoms with Crippen LogP contribution in [-0.4, -0.2) is 74.6 Å². The molecule has 1 aromatic heterocycles. The molecule has 0 aromatic carbocycles. The lowest BCUT2D eigenvalue weighted by Gasteiger charge is -2.23. The van der Waals surface area contributed by atoms with Gasteiger partial charge in [0.1, 0.15) is 18.1 Å². The first-order chi connectivity index (χ1) is 14.0. The fourth-order valence-corrected chi connectivity index (χ4v) is 2.58. The molecule has 30 heavy (non-hydrogen) atoms. The number of carbonyl (C=O) groups excluding carboxylic acids is 3. The Morgan fingerprint density at radius 1 is 1.07 bits per heavy atom. The van der Waals surface area contributed by atoms with Crippen LogP contribution in [0.4, 0.5) is 0 Å². The van der Waals surface area contributed by atoms with Crippen molar-refractivity contribution in [2.24, 2.45) is 11.7 Å². The molecule has 0 aliphatic carbocycles. The van der Waals surface area contributed by atoms with Crippen molar-refractivity contribution in [3.05, 3.63) is 18.2 Å². The average molecular weight is 426 g/mol. The third-order valence-electron chi connectivity index (χ3n) is 4.22. The maximum absolute atomic E-state index is 12.7. The van der Waals surface area contributed by atoms with E-state index in [9.17, 15) is 19.2 Å². The average Bonchev–Trinajstić information content (AvgIpc) is 3.17. The SMILES string of the molecule is CC(C)CC(N)C(=O)NC(Cc1cnc[nH]1)C(=O)NC(C)C(=O)NC(CO)C(=O)O. The van der Waals surface area contributed by atoms with E-state index in [1.54, 1.807) is 0 Å². The fourth-order valence-electron chi connectivity index (χ4n) is 2.58. The number of hydrogen-bond donors (Lipinski definition) is 7. The number of amides is 3. The lowest BCUT2D eigenvalue weighted by atomic mass is 10.0. The van der Waals surface area contributed by atoms with Crippen LogP contribution in [0, 0.1) is 5.92 Å². The van der Waals surface area contributed by atoms with Crippen LogP contribution in [0.5, 0.6) is 0 Å². The van der Waals surface area contributed by atoms with E-state index >= 15 is 0 Å². The summed E-state index contributed by atoms with van der Waals surface area (Å²) in [6.45, 7) is 4.38. The van der Waals surface area contributed by atoms with E-state index in [0.29, 0.717) is 12.1 Å². The first-order valence-corrected chi connectivity index (χ1v) is 9.52. The zero-order chi connectivity index (χ0) is 22.8. The van der Waals surface area contributed by atoms with Gasteiger partial charge in [0.05, 0.1) is 19.0 Å². The maximum Gasteiger partial charge on any atom is 0.328 e. The largest absolute Gasteiger partial charge is 0.480 e. The highest BCUT2D eigenvalue weighted by Gasteiger charge is 2.28. The molecule has 0 bridgehead atoms. The van der Waals surface area contributed by atoms with Gasteiger partial charge in [-0.1, -0.05) is 13.8 Å². The summed E-state index contributed by atoms with van der Waals surface area (Å²) in [5.41, 5.74) is 6.46. The number of hydrogen-bond acceptors (Lipinski definition) is 7. The molecule has 0 saturated carbocycles. The molecule has 1 heterocycles. The minimum atomic E-state index is -1.49. The first kappa shape index (κ1) is 25.0. The molecule has 12 heteroatoms. The first-order valence-electron chi connectivity index (χ1n) is 9.52. The molecule has 4 atom stereocenters. The van der Waals surface area contributed by atoms with Crippen molar-refractivity contribution in [2.45, 2.75) is 57.8 Å². The van der Waals surface area contributed by atoms with E-state index < -0.39 is 54.5 Å². The third kappa shape index (κ3) is 8.17. The van der Waals surface area contributed by atoms with Crippen molar-refractivity contribution >= 4 is 23.7 Å². The number of imidazole rings is 1. The molecule has 3 amide bonds. The van der Waals surface area contributed by atoms with Gasteiger partial charge in [-0.25, -0.2) is 9.78 Å². The highest BCUT2D eigenvalue weighted by molar-refractivity contribution is 5.94. The van der Waals surface area contributed by atoms with Crippen LogP contribution in [0.25, 0.3) is 0 Å². The van der Waals surface area contributed by atoms with Gasteiger partial charge in [-0.2, -0.15) is 0 Å². The van der Waals surface area contributed by atoms with Crippen molar-refractivity contribution < 1.29 is 29.4 Å². The molecular formula is C18H30N6O6. The molecule has 0 aliphatic rings. The number of carboxylic acid groups (broad SMARTS) is 1. The van der Waals surface area contributed by atoms with E-state index in [0.717, 1.165) is 0 Å². The Balaban J connectivity index is 2.82. The van der Waals surface area contributed by atoms with E-state index in [4.69, 9.17) is 15.9 Å². The van der Waals surface area contributed by atoms with Gasteiger partial charge in [0, 0.05) is 18.3 Å². The van der Waals surface area contributed by atoms with Crippen LogP contribution in [0.1, 0.15) is 32.9 Å². The number of aliphatic hydroxyl groups excluding tert-OH is 1. The zero-order valence-corrected chi connectivity index (χ0v) is 17.2. The number of aliphatic hydroxyl groups is 1. The predicted molar refractivity (Wildman–Crippen MR) is 106 cm³/mol. The van der Waals surface area contributed by atoms with Crippen molar-refractivity contribution in [1.29, 1.82) is 0 Å². The van der Waals surface area contributed by atoms with E-state index in [1.165, 1.54) is 19.4 Å². The number of aromatic amines is 1. The predicted octanol–water partition coefficient (Wildman–Crippen LogP) is -2.12. The molecule has 1 rings (SSSR count). The van der Waals surface area contributed by atoms with Crippen molar-refractivity contribution in [3.63, 3.8) is 0 Å². The lowest BCUT2D eigenvalue weighted by molar-refractivity contribution is -0.143. The second-order valence-corrected chi connectivity index (χ2v) is 7.39. The maximum atomic E-state index is 12.7. The number of H-pyrrole nitrogens is 1. The van der Waals surface area contributed by atoms with Gasteiger partial charge in [-0.15, -0.1) is 0 Å². The number of aromatic nitrogens is 2. The Kier molecular flexibility index (Phi) is 9.92. The van der Waals surface area contributed by atoms with Gasteiger partial charge in [0.15, 0.2) is 0 Å². The van der Waals surface area contributed by atoms with Gasteiger partial charge in [-0.05, 0) is 19.3 Å². The number of nitrogens with one attached hydrogen (secondary N) is 4. The van der Waals surface area contributed by atoms with Crippen molar-refractivity contribution in [3.8, 4) is 0 Å². The smallest absolute Gasteiger partial charge is 0.328 e. The number of carboxylic acids is 1. The van der Waals surface area contributed by atoms with Crippen LogP contribution in [-0.2, 0) is 25.6 Å². The lowest BCUT2D eigenvalue weighted by Crippen LogP contribution is -2.57. The summed E-state index contributed by atoms with van der Waals surface area (Å²) in [5.74, 6) is -3.19. The van der Waals surface area contributed by atoms with Gasteiger partial charge in [-0.3, -0.25) is 14.4 Å². The number of nitrogens with two attached hydrogens (primary N) is 1. The minimum absolute atomic E-state index is 0.0781.